The van der Waals surface area contributed by atoms with E-state index in [1.165, 1.54) is 44.9 Å². The van der Waals surface area contributed by atoms with Gasteiger partial charge in [0.2, 0.25) is 5.91 Å². The van der Waals surface area contributed by atoms with E-state index in [0.717, 1.165) is 13.1 Å². The molecule has 1 saturated heterocycles. The highest BCUT2D eigenvalue weighted by Crippen LogP contribution is 2.17. The molecule has 0 bridgehead atoms. The van der Waals surface area contributed by atoms with E-state index in [-0.39, 0.29) is 5.91 Å². The number of carbonyl (C=O) groups excluding carboxylic acids is 1. The lowest BCUT2D eigenvalue weighted by atomic mass is 9.95. The van der Waals surface area contributed by atoms with Crippen molar-refractivity contribution in [1.29, 1.82) is 0 Å². The van der Waals surface area contributed by atoms with E-state index in [2.05, 4.69) is 22.6 Å². The second kappa shape index (κ2) is 7.10. The third-order valence-electron chi connectivity index (χ3n) is 4.26. The maximum atomic E-state index is 12.0. The molecule has 2 N–H and O–H groups in total. The largest absolute Gasteiger partial charge is 0.352 e. The highest BCUT2D eigenvalue weighted by Gasteiger charge is 2.21. The van der Waals surface area contributed by atoms with Crippen molar-refractivity contribution in [1.82, 2.24) is 15.5 Å². The van der Waals surface area contributed by atoms with E-state index in [0.29, 0.717) is 18.6 Å². The van der Waals surface area contributed by atoms with Crippen molar-refractivity contribution >= 4 is 5.91 Å². The molecule has 4 nitrogen and oxygen atoms in total. The first-order valence-corrected chi connectivity index (χ1v) is 7.46. The molecular formula is C14H27N3O. The van der Waals surface area contributed by atoms with Gasteiger partial charge >= 0.3 is 0 Å². The van der Waals surface area contributed by atoms with E-state index in [1.54, 1.807) is 0 Å². The average molecular weight is 253 g/mol. The lowest BCUT2D eigenvalue weighted by molar-refractivity contribution is -0.123. The Kier molecular flexibility index (Phi) is 5.45. The van der Waals surface area contributed by atoms with E-state index >= 15 is 0 Å². The number of hydrogen-bond donors (Lipinski definition) is 2. The van der Waals surface area contributed by atoms with Gasteiger partial charge in [-0.05, 0) is 39.3 Å². The van der Waals surface area contributed by atoms with Gasteiger partial charge in [0.15, 0.2) is 0 Å². The molecule has 0 radical (unpaired) electrons. The number of piperidine rings is 1. The minimum absolute atomic E-state index is 0.204. The molecule has 1 heterocycles. The van der Waals surface area contributed by atoms with Crippen molar-refractivity contribution in [3.63, 3.8) is 0 Å². The van der Waals surface area contributed by atoms with Crippen molar-refractivity contribution in [2.45, 2.75) is 57.0 Å². The molecule has 104 valence electrons. The molecule has 2 aliphatic rings. The molecule has 1 unspecified atom stereocenters. The van der Waals surface area contributed by atoms with Crippen molar-refractivity contribution in [2.75, 3.05) is 26.7 Å². The maximum absolute atomic E-state index is 12.0. The van der Waals surface area contributed by atoms with Crippen LogP contribution in [0.1, 0.15) is 44.9 Å². The molecule has 2 fully saturated rings. The third-order valence-corrected chi connectivity index (χ3v) is 4.26. The summed E-state index contributed by atoms with van der Waals surface area (Å²) in [6.45, 7) is 2.69. The fraction of sp³-hybridized carbons (Fsp3) is 0.929. The monoisotopic (exact) mass is 253 g/mol. The Morgan fingerprint density at radius 1 is 1.22 bits per heavy atom. The molecule has 1 saturated carbocycles. The van der Waals surface area contributed by atoms with Crippen molar-refractivity contribution in [3.05, 3.63) is 0 Å². The third kappa shape index (κ3) is 4.25. The fourth-order valence-corrected chi connectivity index (χ4v) is 3.09. The van der Waals surface area contributed by atoms with Gasteiger partial charge in [-0.25, -0.2) is 0 Å². The number of nitrogens with zero attached hydrogens (tertiary/aromatic N) is 1. The summed E-state index contributed by atoms with van der Waals surface area (Å²) in [6.07, 6.45) is 8.64. The zero-order valence-electron chi connectivity index (χ0n) is 11.6. The topological polar surface area (TPSA) is 44.4 Å². The van der Waals surface area contributed by atoms with Crippen LogP contribution in [-0.2, 0) is 4.79 Å². The summed E-state index contributed by atoms with van der Waals surface area (Å²) in [5, 5.41) is 6.58. The molecule has 1 aliphatic heterocycles. The van der Waals surface area contributed by atoms with Crippen molar-refractivity contribution in [3.8, 4) is 0 Å². The van der Waals surface area contributed by atoms with Gasteiger partial charge in [0.05, 0.1) is 6.54 Å². The first kappa shape index (κ1) is 13.8. The number of likely N-dealkylation sites (N-methyl/N-ethyl adjacent to an activating group) is 1. The highest BCUT2D eigenvalue weighted by molar-refractivity contribution is 5.78. The van der Waals surface area contributed by atoms with Gasteiger partial charge in [-0.1, -0.05) is 19.3 Å². The number of amides is 1. The second-order valence-corrected chi connectivity index (χ2v) is 5.82. The van der Waals surface area contributed by atoms with Crippen LogP contribution in [0.3, 0.4) is 0 Å². The van der Waals surface area contributed by atoms with Crippen molar-refractivity contribution < 1.29 is 4.79 Å². The van der Waals surface area contributed by atoms with E-state index < -0.39 is 0 Å². The van der Waals surface area contributed by atoms with E-state index in [9.17, 15) is 4.79 Å². The van der Waals surface area contributed by atoms with Crippen molar-refractivity contribution in [2.24, 2.45) is 0 Å². The number of nitrogens with one attached hydrogen (secondary N) is 2. The fourth-order valence-electron chi connectivity index (χ4n) is 3.09. The smallest absolute Gasteiger partial charge is 0.234 e. The highest BCUT2D eigenvalue weighted by atomic mass is 16.2. The number of carbonyl (C=O) groups is 1. The summed E-state index contributed by atoms with van der Waals surface area (Å²) in [7, 11) is 2.07. The van der Waals surface area contributed by atoms with Crippen LogP contribution >= 0.6 is 0 Å². The van der Waals surface area contributed by atoms with Crippen LogP contribution < -0.4 is 10.6 Å². The molecule has 4 heteroatoms. The predicted molar refractivity (Wildman–Crippen MR) is 73.5 cm³/mol. The molecule has 0 spiro atoms. The summed E-state index contributed by atoms with van der Waals surface area (Å²) >= 11 is 0. The van der Waals surface area contributed by atoms with Crippen LogP contribution in [0.5, 0.6) is 0 Å². The Hall–Kier alpha value is -0.610. The van der Waals surface area contributed by atoms with Gasteiger partial charge in [0, 0.05) is 18.6 Å². The quantitative estimate of drug-likeness (QED) is 0.789. The van der Waals surface area contributed by atoms with Crippen LogP contribution in [-0.4, -0.2) is 49.6 Å². The number of hydrogen-bond acceptors (Lipinski definition) is 3. The summed E-state index contributed by atoms with van der Waals surface area (Å²) in [5.41, 5.74) is 0. The first-order chi connectivity index (χ1) is 8.75. The van der Waals surface area contributed by atoms with Gasteiger partial charge in [0.1, 0.15) is 0 Å². The Labute approximate surface area is 110 Å². The lowest BCUT2D eigenvalue weighted by Gasteiger charge is -2.32. The Bertz CT molecular complexity index is 258. The Balaban J connectivity index is 1.68. The molecule has 0 aromatic rings. The Morgan fingerprint density at radius 2 is 2.00 bits per heavy atom. The molecule has 1 aliphatic carbocycles. The molecule has 18 heavy (non-hydrogen) atoms. The lowest BCUT2D eigenvalue weighted by Crippen LogP contribution is -2.49. The van der Waals surface area contributed by atoms with Gasteiger partial charge in [-0.2, -0.15) is 0 Å². The first-order valence-electron chi connectivity index (χ1n) is 7.46. The summed E-state index contributed by atoms with van der Waals surface area (Å²) < 4.78 is 0. The molecule has 1 amide bonds. The standard InChI is InChI=1S/C14H27N3O/c1-17(13-8-5-9-15-10-13)11-14(18)16-12-6-3-2-4-7-12/h12-13,15H,2-11H2,1H3,(H,16,18). The molecule has 1 atom stereocenters. The van der Waals surface area contributed by atoms with Crippen LogP contribution in [0.4, 0.5) is 0 Å². The van der Waals surface area contributed by atoms with Gasteiger partial charge in [-0.3, -0.25) is 9.69 Å². The zero-order chi connectivity index (χ0) is 12.8. The minimum atomic E-state index is 0.204. The average Bonchev–Trinajstić information content (AvgIpc) is 2.40. The van der Waals surface area contributed by atoms with Crippen LogP contribution in [0, 0.1) is 0 Å². The second-order valence-electron chi connectivity index (χ2n) is 5.82. The molecule has 2 rings (SSSR count). The van der Waals surface area contributed by atoms with Crippen LogP contribution in [0.25, 0.3) is 0 Å². The summed E-state index contributed by atoms with van der Waals surface area (Å²) in [6, 6.07) is 0.958. The van der Waals surface area contributed by atoms with Gasteiger partial charge < -0.3 is 10.6 Å². The summed E-state index contributed by atoms with van der Waals surface area (Å²) in [4.78, 5) is 14.2. The molecule has 0 aromatic carbocycles. The maximum Gasteiger partial charge on any atom is 0.234 e. The zero-order valence-corrected chi connectivity index (χ0v) is 11.6. The molecule has 0 aromatic heterocycles. The van der Waals surface area contributed by atoms with Crippen LogP contribution in [0.15, 0.2) is 0 Å². The SMILES string of the molecule is CN(CC(=O)NC1CCCCC1)C1CCCNC1. The Morgan fingerprint density at radius 3 is 2.67 bits per heavy atom. The van der Waals surface area contributed by atoms with Gasteiger partial charge in [-0.15, -0.1) is 0 Å². The van der Waals surface area contributed by atoms with E-state index in [4.69, 9.17) is 0 Å². The van der Waals surface area contributed by atoms with E-state index in [1.807, 2.05) is 0 Å². The van der Waals surface area contributed by atoms with Gasteiger partial charge in [0.25, 0.3) is 0 Å². The summed E-state index contributed by atoms with van der Waals surface area (Å²) in [5.74, 6) is 0.204. The normalized spacial score (nSPS) is 26.2. The van der Waals surface area contributed by atoms with Crippen LogP contribution in [0.2, 0.25) is 0 Å². The molecular weight excluding hydrogens is 226 g/mol. The number of rotatable bonds is 4. The predicted octanol–water partition coefficient (Wildman–Crippen LogP) is 1.12. The minimum Gasteiger partial charge on any atom is -0.352 e.